The van der Waals surface area contributed by atoms with Crippen LogP contribution in [-0.4, -0.2) is 66.0 Å². The standard InChI is InChI=1S/C11H17N4O6S/c12-6(3-9(18)19)10(20)15-7(5-22)11(21)14-4-8(17)13-1-2-16/h6-7,22H,1,3-5,12H2,(H,13,17)(H,14,21)(H,15,20)(H,18,19)/t6-,7-/m0/s1. The molecule has 0 aromatic carbocycles. The molecule has 0 aliphatic rings. The van der Waals surface area contributed by atoms with E-state index in [-0.39, 0.29) is 12.3 Å². The molecule has 0 fully saturated rings. The fourth-order valence-corrected chi connectivity index (χ4v) is 1.50. The molecule has 0 bridgehead atoms. The van der Waals surface area contributed by atoms with E-state index in [9.17, 15) is 24.0 Å². The Bertz CT molecular complexity index is 444. The second-order valence-corrected chi connectivity index (χ2v) is 4.45. The Balaban J connectivity index is 4.35. The van der Waals surface area contributed by atoms with Crippen molar-refractivity contribution < 1.29 is 29.1 Å². The topological polar surface area (TPSA) is 168 Å². The number of amides is 3. The molecular formula is C11H17N4O6S. The van der Waals surface area contributed by atoms with Crippen LogP contribution in [0.4, 0.5) is 0 Å². The fourth-order valence-electron chi connectivity index (χ4n) is 1.24. The van der Waals surface area contributed by atoms with Gasteiger partial charge in [-0.25, -0.2) is 0 Å². The largest absolute Gasteiger partial charge is 0.481 e. The smallest absolute Gasteiger partial charge is 0.305 e. The summed E-state index contributed by atoms with van der Waals surface area (Å²) in [6.45, 7) is -0.701. The molecule has 0 aliphatic heterocycles. The summed E-state index contributed by atoms with van der Waals surface area (Å²) in [5, 5.41) is 15.1. The van der Waals surface area contributed by atoms with Crippen molar-refractivity contribution in [1.82, 2.24) is 16.0 Å². The van der Waals surface area contributed by atoms with Crippen molar-refractivity contribution in [2.45, 2.75) is 18.5 Å². The van der Waals surface area contributed by atoms with Crippen molar-refractivity contribution in [2.75, 3.05) is 18.8 Å². The molecule has 0 aromatic rings. The van der Waals surface area contributed by atoms with E-state index in [4.69, 9.17) is 10.8 Å². The summed E-state index contributed by atoms with van der Waals surface area (Å²) in [6, 6.07) is -2.39. The maximum atomic E-state index is 11.7. The highest BCUT2D eigenvalue weighted by molar-refractivity contribution is 7.80. The normalized spacial score (nSPS) is 12.6. The van der Waals surface area contributed by atoms with E-state index in [1.54, 1.807) is 0 Å². The lowest BCUT2D eigenvalue weighted by atomic mass is 10.2. The van der Waals surface area contributed by atoms with Crippen molar-refractivity contribution in [1.29, 1.82) is 0 Å². The van der Waals surface area contributed by atoms with Gasteiger partial charge in [-0.1, -0.05) is 0 Å². The Kier molecular flexibility index (Phi) is 9.54. The van der Waals surface area contributed by atoms with Crippen LogP contribution in [0, 0.1) is 0 Å². The van der Waals surface area contributed by atoms with Crippen LogP contribution in [0.3, 0.4) is 0 Å². The first kappa shape index (κ1) is 19.9. The van der Waals surface area contributed by atoms with E-state index in [0.29, 0.717) is 0 Å². The number of carbonyl (C=O) groups excluding carboxylic acids is 4. The number of hydrogen-bond acceptors (Lipinski definition) is 7. The molecule has 6 N–H and O–H groups in total. The van der Waals surface area contributed by atoms with E-state index < -0.39 is 48.7 Å². The van der Waals surface area contributed by atoms with Crippen molar-refractivity contribution in [3.63, 3.8) is 0 Å². The van der Waals surface area contributed by atoms with Gasteiger partial charge in [-0.05, 0) is 0 Å². The number of carboxylic acids is 1. The van der Waals surface area contributed by atoms with Gasteiger partial charge in [-0.3, -0.25) is 24.0 Å². The summed E-state index contributed by atoms with van der Waals surface area (Å²) < 4.78 is 0. The summed E-state index contributed by atoms with van der Waals surface area (Å²) in [4.78, 5) is 54.9. The van der Waals surface area contributed by atoms with Gasteiger partial charge in [0.15, 0.2) is 0 Å². The highest BCUT2D eigenvalue weighted by Gasteiger charge is 2.24. The number of hydrogen-bond donors (Lipinski definition) is 6. The van der Waals surface area contributed by atoms with Gasteiger partial charge < -0.3 is 26.8 Å². The Labute approximate surface area is 131 Å². The molecule has 10 nitrogen and oxygen atoms in total. The summed E-state index contributed by atoms with van der Waals surface area (Å²) in [6.07, 6.45) is 0.863. The van der Waals surface area contributed by atoms with E-state index in [2.05, 4.69) is 28.6 Å². The number of nitrogens with one attached hydrogen (secondary N) is 3. The number of aliphatic carboxylic acids is 1. The van der Waals surface area contributed by atoms with E-state index in [0.717, 1.165) is 0 Å². The molecule has 123 valence electrons. The molecular weight excluding hydrogens is 316 g/mol. The van der Waals surface area contributed by atoms with Crippen molar-refractivity contribution in [3.05, 3.63) is 0 Å². The molecule has 0 saturated carbocycles. The molecule has 22 heavy (non-hydrogen) atoms. The molecule has 0 saturated heterocycles. The van der Waals surface area contributed by atoms with Crippen LogP contribution in [0.1, 0.15) is 6.42 Å². The van der Waals surface area contributed by atoms with Crippen LogP contribution < -0.4 is 21.7 Å². The molecule has 0 heterocycles. The molecule has 0 spiro atoms. The van der Waals surface area contributed by atoms with E-state index in [1.807, 2.05) is 0 Å². The molecule has 0 rings (SSSR count). The fraction of sp³-hybridized carbons (Fsp3) is 0.545. The zero-order valence-corrected chi connectivity index (χ0v) is 12.4. The SMILES string of the molecule is N[C@@H](CC(=O)O)C(=O)N[C@@H](CS)C(=O)NCC(=O)NC[C]=O. The summed E-state index contributed by atoms with van der Waals surface area (Å²) in [5.41, 5.74) is 5.35. The molecule has 0 aliphatic carbocycles. The maximum absolute atomic E-state index is 11.7. The van der Waals surface area contributed by atoms with Gasteiger partial charge in [0.25, 0.3) is 0 Å². The van der Waals surface area contributed by atoms with Gasteiger partial charge in [0.1, 0.15) is 6.04 Å². The third-order valence-electron chi connectivity index (χ3n) is 2.33. The molecule has 11 heteroatoms. The van der Waals surface area contributed by atoms with Gasteiger partial charge in [-0.15, -0.1) is 0 Å². The predicted octanol–water partition coefficient (Wildman–Crippen LogP) is -3.45. The number of rotatable bonds is 10. The monoisotopic (exact) mass is 333 g/mol. The first-order chi connectivity index (χ1) is 10.3. The van der Waals surface area contributed by atoms with Gasteiger partial charge >= 0.3 is 5.97 Å². The predicted molar refractivity (Wildman–Crippen MR) is 77.7 cm³/mol. The van der Waals surface area contributed by atoms with Crippen LogP contribution in [0.5, 0.6) is 0 Å². The Morgan fingerprint density at radius 1 is 1.18 bits per heavy atom. The maximum Gasteiger partial charge on any atom is 0.305 e. The Morgan fingerprint density at radius 3 is 2.32 bits per heavy atom. The van der Waals surface area contributed by atoms with Crippen LogP contribution in [-0.2, 0) is 24.0 Å². The number of carboxylic acid groups (broad SMARTS) is 1. The second-order valence-electron chi connectivity index (χ2n) is 4.09. The van der Waals surface area contributed by atoms with Crippen LogP contribution in [0.2, 0.25) is 0 Å². The number of carbonyl (C=O) groups is 4. The molecule has 1 radical (unpaired) electrons. The van der Waals surface area contributed by atoms with Gasteiger partial charge in [0.2, 0.25) is 24.0 Å². The molecule has 3 amide bonds. The third-order valence-corrected chi connectivity index (χ3v) is 2.69. The minimum Gasteiger partial charge on any atom is -0.481 e. The zero-order valence-electron chi connectivity index (χ0n) is 11.5. The minimum atomic E-state index is -1.31. The summed E-state index contributed by atoms with van der Waals surface area (Å²) in [5.74, 6) is -3.46. The molecule has 0 aromatic heterocycles. The Morgan fingerprint density at radius 2 is 1.82 bits per heavy atom. The van der Waals surface area contributed by atoms with Crippen molar-refractivity contribution in [3.8, 4) is 0 Å². The van der Waals surface area contributed by atoms with E-state index >= 15 is 0 Å². The van der Waals surface area contributed by atoms with Crippen LogP contribution in [0.25, 0.3) is 0 Å². The summed E-state index contributed by atoms with van der Waals surface area (Å²) >= 11 is 3.88. The minimum absolute atomic E-state index is 0.0822. The lowest BCUT2D eigenvalue weighted by molar-refractivity contribution is -0.139. The Hall–Kier alpha value is -2.14. The van der Waals surface area contributed by atoms with E-state index in [1.165, 1.54) is 6.29 Å². The lowest BCUT2D eigenvalue weighted by Crippen LogP contribution is -2.54. The van der Waals surface area contributed by atoms with Crippen LogP contribution >= 0.6 is 12.6 Å². The second kappa shape index (κ2) is 10.6. The average molecular weight is 333 g/mol. The van der Waals surface area contributed by atoms with Crippen molar-refractivity contribution >= 4 is 42.6 Å². The average Bonchev–Trinajstić information content (AvgIpc) is 2.46. The van der Waals surface area contributed by atoms with Gasteiger partial charge in [-0.2, -0.15) is 12.6 Å². The van der Waals surface area contributed by atoms with Crippen LogP contribution in [0.15, 0.2) is 0 Å². The first-order valence-corrected chi connectivity index (χ1v) is 6.73. The van der Waals surface area contributed by atoms with Gasteiger partial charge in [0.05, 0.1) is 25.6 Å². The highest BCUT2D eigenvalue weighted by Crippen LogP contribution is 1.93. The lowest BCUT2D eigenvalue weighted by Gasteiger charge is -2.18. The molecule has 0 unspecified atom stereocenters. The van der Waals surface area contributed by atoms with Gasteiger partial charge in [0, 0.05) is 5.75 Å². The van der Waals surface area contributed by atoms with Crippen molar-refractivity contribution in [2.24, 2.45) is 5.73 Å². The number of thiol groups is 1. The number of nitrogens with two attached hydrogens (primary N) is 1. The molecule has 2 atom stereocenters. The highest BCUT2D eigenvalue weighted by atomic mass is 32.1. The zero-order chi connectivity index (χ0) is 17.1. The quantitative estimate of drug-likeness (QED) is 0.226. The summed E-state index contributed by atoms with van der Waals surface area (Å²) in [7, 11) is 0. The third kappa shape index (κ3) is 8.21. The first-order valence-electron chi connectivity index (χ1n) is 6.09.